The fourth-order valence-electron chi connectivity index (χ4n) is 3.22. The average molecular weight is 310 g/mol. The summed E-state index contributed by atoms with van der Waals surface area (Å²) < 4.78 is 1.10. The summed E-state index contributed by atoms with van der Waals surface area (Å²) in [5.41, 5.74) is 1.08. The van der Waals surface area contributed by atoms with Gasteiger partial charge in [0, 0.05) is 29.6 Å². The molecule has 2 bridgehead atoms. The van der Waals surface area contributed by atoms with Crippen LogP contribution in [0.5, 0.6) is 0 Å². The summed E-state index contributed by atoms with van der Waals surface area (Å²) in [6, 6.07) is 5.75. The molecule has 0 aliphatic carbocycles. The number of hydrogen-bond acceptors (Lipinski definition) is 3. The molecule has 2 aliphatic rings. The van der Waals surface area contributed by atoms with Gasteiger partial charge in [-0.3, -0.25) is 4.90 Å². The van der Waals surface area contributed by atoms with Crippen LogP contribution in [0.4, 0.5) is 5.82 Å². The molecule has 0 radical (unpaired) electrons. The SMILES string of the molecule is Cc1nc(N2CCC3CCC(C2)N3C)ccc1Br. The van der Waals surface area contributed by atoms with E-state index in [9.17, 15) is 0 Å². The van der Waals surface area contributed by atoms with E-state index in [4.69, 9.17) is 4.98 Å². The topological polar surface area (TPSA) is 19.4 Å². The lowest BCUT2D eigenvalue weighted by molar-refractivity contribution is 0.254. The molecule has 3 rings (SSSR count). The Morgan fingerprint density at radius 1 is 1.22 bits per heavy atom. The summed E-state index contributed by atoms with van der Waals surface area (Å²) in [7, 11) is 2.28. The van der Waals surface area contributed by atoms with E-state index in [2.05, 4.69) is 51.8 Å². The first-order valence-corrected chi connectivity index (χ1v) is 7.54. The van der Waals surface area contributed by atoms with E-state index in [-0.39, 0.29) is 0 Å². The van der Waals surface area contributed by atoms with Gasteiger partial charge in [0.25, 0.3) is 0 Å². The van der Waals surface area contributed by atoms with Gasteiger partial charge in [-0.05, 0) is 61.3 Å². The maximum absolute atomic E-state index is 4.71. The molecule has 98 valence electrons. The first-order valence-electron chi connectivity index (χ1n) is 6.75. The Bertz CT molecular complexity index is 449. The van der Waals surface area contributed by atoms with Crippen molar-refractivity contribution in [1.29, 1.82) is 0 Å². The molecule has 2 saturated heterocycles. The number of nitrogens with zero attached hydrogens (tertiary/aromatic N) is 3. The van der Waals surface area contributed by atoms with Crippen molar-refractivity contribution in [2.24, 2.45) is 0 Å². The molecule has 0 N–H and O–H groups in total. The Balaban J connectivity index is 1.82. The molecule has 18 heavy (non-hydrogen) atoms. The number of anilines is 1. The van der Waals surface area contributed by atoms with Gasteiger partial charge in [0.1, 0.15) is 5.82 Å². The van der Waals surface area contributed by atoms with E-state index >= 15 is 0 Å². The Morgan fingerprint density at radius 2 is 2.00 bits per heavy atom. The molecule has 0 aromatic carbocycles. The van der Waals surface area contributed by atoms with Gasteiger partial charge in [-0.1, -0.05) is 0 Å². The second-order valence-corrected chi connectivity index (χ2v) is 6.38. The predicted octanol–water partition coefficient (Wildman–Crippen LogP) is 2.83. The van der Waals surface area contributed by atoms with Gasteiger partial charge < -0.3 is 4.90 Å². The number of pyridine rings is 1. The van der Waals surface area contributed by atoms with Crippen LogP contribution in [0.15, 0.2) is 16.6 Å². The molecule has 2 aliphatic heterocycles. The maximum atomic E-state index is 4.71. The van der Waals surface area contributed by atoms with Crippen LogP contribution in [0.2, 0.25) is 0 Å². The zero-order chi connectivity index (χ0) is 12.7. The second-order valence-electron chi connectivity index (χ2n) is 5.52. The van der Waals surface area contributed by atoms with Crippen LogP contribution in [-0.4, -0.2) is 42.1 Å². The van der Waals surface area contributed by atoms with Gasteiger partial charge in [0.2, 0.25) is 0 Å². The summed E-state index contributed by atoms with van der Waals surface area (Å²) in [5, 5.41) is 0. The lowest BCUT2D eigenvalue weighted by Crippen LogP contribution is -2.37. The molecule has 3 nitrogen and oxygen atoms in total. The van der Waals surface area contributed by atoms with Crippen LogP contribution in [-0.2, 0) is 0 Å². The highest BCUT2D eigenvalue weighted by atomic mass is 79.9. The minimum absolute atomic E-state index is 0.711. The smallest absolute Gasteiger partial charge is 0.128 e. The minimum atomic E-state index is 0.711. The molecular weight excluding hydrogens is 290 g/mol. The molecule has 0 amide bonds. The van der Waals surface area contributed by atoms with Crippen LogP contribution in [0.1, 0.15) is 25.0 Å². The molecule has 2 unspecified atom stereocenters. The van der Waals surface area contributed by atoms with E-state index < -0.39 is 0 Å². The first kappa shape index (κ1) is 12.4. The number of hydrogen-bond donors (Lipinski definition) is 0. The van der Waals surface area contributed by atoms with Crippen molar-refractivity contribution in [3.63, 3.8) is 0 Å². The van der Waals surface area contributed by atoms with Crippen LogP contribution in [0, 0.1) is 6.92 Å². The molecule has 0 spiro atoms. The molecule has 1 aromatic rings. The van der Waals surface area contributed by atoms with Gasteiger partial charge >= 0.3 is 0 Å². The summed E-state index contributed by atoms with van der Waals surface area (Å²) in [4.78, 5) is 9.74. The van der Waals surface area contributed by atoms with Crippen LogP contribution in [0.3, 0.4) is 0 Å². The number of likely N-dealkylation sites (N-methyl/N-ethyl adjacent to an activating group) is 1. The highest BCUT2D eigenvalue weighted by Crippen LogP contribution is 2.30. The van der Waals surface area contributed by atoms with Gasteiger partial charge in [0.05, 0.1) is 5.69 Å². The molecular formula is C14H20BrN3. The van der Waals surface area contributed by atoms with E-state index in [0.717, 1.165) is 35.1 Å². The van der Waals surface area contributed by atoms with Gasteiger partial charge in [-0.15, -0.1) is 0 Å². The molecule has 2 atom stereocenters. The van der Waals surface area contributed by atoms with Crippen molar-refractivity contribution in [3.05, 3.63) is 22.3 Å². The largest absolute Gasteiger partial charge is 0.355 e. The number of rotatable bonds is 1. The summed E-state index contributed by atoms with van der Waals surface area (Å²) in [6.45, 7) is 4.32. The van der Waals surface area contributed by atoms with Gasteiger partial charge in [-0.2, -0.15) is 0 Å². The number of aryl methyl sites for hydroxylation is 1. The first-order chi connectivity index (χ1) is 8.65. The number of aromatic nitrogens is 1. The van der Waals surface area contributed by atoms with Crippen molar-refractivity contribution < 1.29 is 0 Å². The Hall–Kier alpha value is -0.610. The third kappa shape index (κ3) is 2.16. The number of fused-ring (bicyclic) bond motifs is 2. The molecule has 0 saturated carbocycles. The lowest BCUT2D eigenvalue weighted by Gasteiger charge is -2.27. The van der Waals surface area contributed by atoms with E-state index in [0.29, 0.717) is 6.04 Å². The van der Waals surface area contributed by atoms with Gasteiger partial charge in [0.15, 0.2) is 0 Å². The Kier molecular flexibility index (Phi) is 3.32. The summed E-state index contributed by atoms with van der Waals surface area (Å²) >= 11 is 3.52. The lowest BCUT2D eigenvalue weighted by atomic mass is 10.1. The van der Waals surface area contributed by atoms with Crippen LogP contribution >= 0.6 is 15.9 Å². The van der Waals surface area contributed by atoms with E-state index in [1.54, 1.807) is 0 Å². The normalized spacial score (nSPS) is 28.5. The fourth-order valence-corrected chi connectivity index (χ4v) is 3.44. The number of halogens is 1. The molecule has 1 aromatic heterocycles. The highest BCUT2D eigenvalue weighted by molar-refractivity contribution is 9.10. The molecule has 4 heteroatoms. The van der Waals surface area contributed by atoms with Crippen molar-refractivity contribution in [2.45, 2.75) is 38.3 Å². The summed E-state index contributed by atoms with van der Waals surface area (Å²) in [6.07, 6.45) is 3.98. The van der Waals surface area contributed by atoms with Gasteiger partial charge in [-0.25, -0.2) is 4.98 Å². The standard InChI is InChI=1S/C14H20BrN3/c1-10-13(15)5-6-14(16-10)18-8-7-11-3-4-12(9-18)17(11)2/h5-6,11-12H,3-4,7-9H2,1-2H3. The molecule has 2 fully saturated rings. The van der Waals surface area contributed by atoms with Crippen molar-refractivity contribution in [2.75, 3.05) is 25.0 Å². The third-order valence-corrected chi connectivity index (χ3v) is 5.32. The minimum Gasteiger partial charge on any atom is -0.355 e. The zero-order valence-corrected chi connectivity index (χ0v) is 12.7. The van der Waals surface area contributed by atoms with E-state index in [1.165, 1.54) is 19.3 Å². The van der Waals surface area contributed by atoms with Crippen molar-refractivity contribution >= 4 is 21.7 Å². The Morgan fingerprint density at radius 3 is 2.78 bits per heavy atom. The zero-order valence-electron chi connectivity index (χ0n) is 11.1. The quantitative estimate of drug-likeness (QED) is 0.795. The van der Waals surface area contributed by atoms with Crippen LogP contribution < -0.4 is 4.90 Å². The monoisotopic (exact) mass is 309 g/mol. The second kappa shape index (κ2) is 4.82. The average Bonchev–Trinajstić information content (AvgIpc) is 2.57. The maximum Gasteiger partial charge on any atom is 0.128 e. The van der Waals surface area contributed by atoms with E-state index in [1.807, 2.05) is 0 Å². The van der Waals surface area contributed by atoms with Crippen molar-refractivity contribution in [1.82, 2.24) is 9.88 Å². The fraction of sp³-hybridized carbons (Fsp3) is 0.643. The summed E-state index contributed by atoms with van der Waals surface area (Å²) in [5.74, 6) is 1.14. The Labute approximate surface area is 117 Å². The predicted molar refractivity (Wildman–Crippen MR) is 78.1 cm³/mol. The van der Waals surface area contributed by atoms with Crippen molar-refractivity contribution in [3.8, 4) is 0 Å². The highest BCUT2D eigenvalue weighted by Gasteiger charge is 2.34. The molecule has 3 heterocycles. The third-order valence-electron chi connectivity index (χ3n) is 4.48. The van der Waals surface area contributed by atoms with Crippen LogP contribution in [0.25, 0.3) is 0 Å².